The highest BCUT2D eigenvalue weighted by molar-refractivity contribution is 6.35. The van der Waals surface area contributed by atoms with Gasteiger partial charge in [-0.05, 0) is 56.0 Å². The summed E-state index contributed by atoms with van der Waals surface area (Å²) in [6.45, 7) is 2.60. The van der Waals surface area contributed by atoms with Crippen LogP contribution in [0.1, 0.15) is 36.0 Å². The molecular weight excluding hydrogens is 411 g/mol. The zero-order valence-corrected chi connectivity index (χ0v) is 17.4. The molecule has 3 heterocycles. The molecule has 8 heteroatoms. The molecule has 6 nitrogen and oxygen atoms in total. The van der Waals surface area contributed by atoms with Gasteiger partial charge in [0.15, 0.2) is 0 Å². The Hall–Kier alpha value is -2.31. The van der Waals surface area contributed by atoms with Crippen LogP contribution in [-0.2, 0) is 4.79 Å². The minimum absolute atomic E-state index is 0.231. The lowest BCUT2D eigenvalue weighted by molar-refractivity contribution is -0.119. The topological polar surface area (TPSA) is 65.5 Å². The molecule has 0 bridgehead atoms. The van der Waals surface area contributed by atoms with Crippen molar-refractivity contribution in [3.63, 3.8) is 0 Å². The van der Waals surface area contributed by atoms with E-state index < -0.39 is 6.04 Å². The van der Waals surface area contributed by atoms with E-state index in [1.807, 2.05) is 12.1 Å². The van der Waals surface area contributed by atoms with E-state index in [9.17, 15) is 9.59 Å². The summed E-state index contributed by atoms with van der Waals surface area (Å²) in [5.41, 5.74) is 1.45. The first kappa shape index (κ1) is 20.0. The molecule has 1 aromatic carbocycles. The molecule has 1 atom stereocenters. The molecule has 152 valence electrons. The third-order valence-electron chi connectivity index (χ3n) is 5.40. The summed E-state index contributed by atoms with van der Waals surface area (Å²) in [6.07, 6.45) is 5.55. The summed E-state index contributed by atoms with van der Waals surface area (Å²) in [7, 11) is 0. The highest BCUT2D eigenvalue weighted by Crippen LogP contribution is 2.25. The number of rotatable bonds is 4. The van der Waals surface area contributed by atoms with Crippen molar-refractivity contribution in [1.82, 2.24) is 9.88 Å². The number of halogens is 2. The van der Waals surface area contributed by atoms with Crippen molar-refractivity contribution in [1.29, 1.82) is 0 Å². The zero-order valence-electron chi connectivity index (χ0n) is 15.9. The Morgan fingerprint density at radius 1 is 1.00 bits per heavy atom. The van der Waals surface area contributed by atoms with Crippen LogP contribution >= 0.6 is 23.2 Å². The highest BCUT2D eigenvalue weighted by atomic mass is 35.5. The van der Waals surface area contributed by atoms with Gasteiger partial charge in [-0.25, -0.2) is 4.98 Å². The molecular formula is C21H22Cl2N4O2. The minimum atomic E-state index is -0.541. The van der Waals surface area contributed by atoms with Gasteiger partial charge in [0.05, 0.1) is 11.9 Å². The van der Waals surface area contributed by atoms with Crippen LogP contribution < -0.4 is 10.2 Å². The van der Waals surface area contributed by atoms with Crippen LogP contribution in [0.3, 0.4) is 0 Å². The van der Waals surface area contributed by atoms with Gasteiger partial charge >= 0.3 is 0 Å². The monoisotopic (exact) mass is 432 g/mol. The number of carbonyl (C=O) groups is 2. The van der Waals surface area contributed by atoms with Crippen molar-refractivity contribution < 1.29 is 9.59 Å². The number of aromatic nitrogens is 1. The number of nitrogens with zero attached hydrogens (tertiary/aromatic N) is 3. The zero-order chi connectivity index (χ0) is 20.4. The standard InChI is InChI=1S/C21H22Cl2N4O2/c22-15-10-14(11-16(23)12-15)21(29)27-9-3-4-18(27)20(28)25-19-6-5-17(13-24-19)26-7-1-2-8-26/h5-6,10-13,18H,1-4,7-9H2,(H,24,25,28). The second kappa shape index (κ2) is 8.59. The average molecular weight is 433 g/mol. The molecule has 4 rings (SSSR count). The smallest absolute Gasteiger partial charge is 0.254 e. The second-order valence-corrected chi connectivity index (χ2v) is 8.27. The van der Waals surface area contributed by atoms with E-state index >= 15 is 0 Å². The fourth-order valence-corrected chi connectivity index (χ4v) is 4.48. The number of pyridine rings is 1. The van der Waals surface area contributed by atoms with Gasteiger partial charge in [-0.15, -0.1) is 0 Å². The summed E-state index contributed by atoms with van der Waals surface area (Å²) in [4.78, 5) is 34.0. The predicted molar refractivity (Wildman–Crippen MR) is 115 cm³/mol. The maximum Gasteiger partial charge on any atom is 0.254 e. The van der Waals surface area contributed by atoms with Crippen LogP contribution in [0.5, 0.6) is 0 Å². The Labute approximate surface area is 179 Å². The highest BCUT2D eigenvalue weighted by Gasteiger charge is 2.35. The Balaban J connectivity index is 1.44. The van der Waals surface area contributed by atoms with Gasteiger partial charge in [0.1, 0.15) is 11.9 Å². The quantitative estimate of drug-likeness (QED) is 0.784. The molecule has 0 saturated carbocycles. The number of nitrogens with one attached hydrogen (secondary N) is 1. The Morgan fingerprint density at radius 2 is 1.72 bits per heavy atom. The molecule has 1 aromatic heterocycles. The van der Waals surface area contributed by atoms with Gasteiger partial charge < -0.3 is 15.1 Å². The van der Waals surface area contributed by atoms with Crippen LogP contribution in [0.15, 0.2) is 36.5 Å². The largest absolute Gasteiger partial charge is 0.370 e. The van der Waals surface area contributed by atoms with Crippen molar-refractivity contribution in [2.45, 2.75) is 31.7 Å². The van der Waals surface area contributed by atoms with Crippen LogP contribution in [-0.4, -0.2) is 47.4 Å². The molecule has 2 fully saturated rings. The van der Waals surface area contributed by atoms with Crippen molar-refractivity contribution in [3.05, 3.63) is 52.1 Å². The summed E-state index contributed by atoms with van der Waals surface area (Å²) >= 11 is 12.0. The van der Waals surface area contributed by atoms with E-state index in [0.717, 1.165) is 25.2 Å². The van der Waals surface area contributed by atoms with Crippen molar-refractivity contribution in [3.8, 4) is 0 Å². The number of hydrogen-bond donors (Lipinski definition) is 1. The van der Waals surface area contributed by atoms with E-state index in [1.54, 1.807) is 29.3 Å². The van der Waals surface area contributed by atoms with Crippen LogP contribution in [0.2, 0.25) is 10.0 Å². The SMILES string of the molecule is O=C(Nc1ccc(N2CCCC2)cn1)C1CCCN1C(=O)c1cc(Cl)cc(Cl)c1. The number of amides is 2. The number of hydrogen-bond acceptors (Lipinski definition) is 4. The Kier molecular flexibility index (Phi) is 5.92. The molecule has 0 spiro atoms. The molecule has 0 radical (unpaired) electrons. The third kappa shape index (κ3) is 4.49. The van der Waals surface area contributed by atoms with Crippen molar-refractivity contribution in [2.24, 2.45) is 0 Å². The summed E-state index contributed by atoms with van der Waals surface area (Å²) < 4.78 is 0. The molecule has 2 saturated heterocycles. The molecule has 29 heavy (non-hydrogen) atoms. The lowest BCUT2D eigenvalue weighted by Gasteiger charge is -2.24. The van der Waals surface area contributed by atoms with E-state index in [-0.39, 0.29) is 11.8 Å². The Bertz CT molecular complexity index is 893. The molecule has 2 amide bonds. The van der Waals surface area contributed by atoms with Crippen LogP contribution in [0.25, 0.3) is 0 Å². The van der Waals surface area contributed by atoms with Crippen molar-refractivity contribution >= 4 is 46.5 Å². The van der Waals surface area contributed by atoms with Gasteiger partial charge in [0.2, 0.25) is 5.91 Å². The normalized spacial score (nSPS) is 18.9. The first-order valence-electron chi connectivity index (χ1n) is 9.80. The minimum Gasteiger partial charge on any atom is -0.370 e. The number of likely N-dealkylation sites (tertiary alicyclic amines) is 1. The molecule has 0 aliphatic carbocycles. The third-order valence-corrected chi connectivity index (χ3v) is 5.83. The average Bonchev–Trinajstić information content (AvgIpc) is 3.39. The van der Waals surface area contributed by atoms with Gasteiger partial charge in [0, 0.05) is 35.2 Å². The molecule has 1 N–H and O–H groups in total. The van der Waals surface area contributed by atoms with Crippen LogP contribution in [0.4, 0.5) is 11.5 Å². The maximum atomic E-state index is 12.9. The lowest BCUT2D eigenvalue weighted by Crippen LogP contribution is -2.43. The van der Waals surface area contributed by atoms with E-state index in [2.05, 4.69) is 15.2 Å². The summed E-state index contributed by atoms with van der Waals surface area (Å²) in [6, 6.07) is 7.96. The van der Waals surface area contributed by atoms with Gasteiger partial charge in [-0.2, -0.15) is 0 Å². The molecule has 2 aliphatic rings. The number of anilines is 2. The fourth-order valence-electron chi connectivity index (χ4n) is 3.96. The molecule has 1 unspecified atom stereocenters. The first-order valence-corrected chi connectivity index (χ1v) is 10.6. The van der Waals surface area contributed by atoms with Gasteiger partial charge in [-0.1, -0.05) is 23.2 Å². The van der Waals surface area contributed by atoms with E-state index in [4.69, 9.17) is 23.2 Å². The lowest BCUT2D eigenvalue weighted by atomic mass is 10.1. The van der Waals surface area contributed by atoms with Crippen LogP contribution in [0, 0.1) is 0 Å². The fraction of sp³-hybridized carbons (Fsp3) is 0.381. The number of benzene rings is 1. The Morgan fingerprint density at radius 3 is 2.38 bits per heavy atom. The predicted octanol–water partition coefficient (Wildman–Crippen LogP) is 4.23. The van der Waals surface area contributed by atoms with E-state index in [0.29, 0.717) is 34.4 Å². The van der Waals surface area contributed by atoms with Gasteiger partial charge in [0.25, 0.3) is 5.91 Å². The maximum absolute atomic E-state index is 12.9. The summed E-state index contributed by atoms with van der Waals surface area (Å²) in [5, 5.41) is 3.63. The van der Waals surface area contributed by atoms with E-state index in [1.165, 1.54) is 12.8 Å². The summed E-state index contributed by atoms with van der Waals surface area (Å²) in [5.74, 6) is 0.0119. The second-order valence-electron chi connectivity index (χ2n) is 7.40. The van der Waals surface area contributed by atoms with Gasteiger partial charge in [-0.3, -0.25) is 9.59 Å². The molecule has 2 aliphatic heterocycles. The number of carbonyl (C=O) groups excluding carboxylic acids is 2. The molecule has 2 aromatic rings. The first-order chi connectivity index (χ1) is 14.0. The van der Waals surface area contributed by atoms with Crippen molar-refractivity contribution in [2.75, 3.05) is 29.9 Å².